The number of ketones is 1. The molecule has 33 heavy (non-hydrogen) atoms. The summed E-state index contributed by atoms with van der Waals surface area (Å²) in [7, 11) is 0. The van der Waals surface area contributed by atoms with E-state index < -0.39 is 34.8 Å². The van der Waals surface area contributed by atoms with Crippen molar-refractivity contribution in [1.82, 2.24) is 0 Å². The van der Waals surface area contributed by atoms with E-state index in [1.54, 1.807) is 6.92 Å². The molecule has 6 heteroatoms. The van der Waals surface area contributed by atoms with Crippen LogP contribution in [0.1, 0.15) is 44.7 Å². The number of rotatable bonds is 4. The average molecular weight is 507 g/mol. The van der Waals surface area contributed by atoms with Crippen LogP contribution in [0.4, 0.5) is 5.69 Å². The number of benzene rings is 2. The van der Waals surface area contributed by atoms with Gasteiger partial charge in [0.1, 0.15) is 0 Å². The van der Waals surface area contributed by atoms with Crippen molar-refractivity contribution >= 4 is 39.4 Å². The normalized spacial score (nSPS) is 25.7. The highest BCUT2D eigenvalue weighted by Crippen LogP contribution is 2.57. The van der Waals surface area contributed by atoms with Gasteiger partial charge in [-0.3, -0.25) is 9.59 Å². The molecule has 170 valence electrons. The van der Waals surface area contributed by atoms with Gasteiger partial charge in [0.25, 0.3) is 0 Å². The highest BCUT2D eigenvalue weighted by atomic mass is 79.9. The third kappa shape index (κ3) is 3.59. The Morgan fingerprint density at radius 1 is 1.15 bits per heavy atom. The second-order valence-corrected chi connectivity index (χ2v) is 10.5. The quantitative estimate of drug-likeness (QED) is 0.511. The number of carbonyl (C=O) groups is 2. The van der Waals surface area contributed by atoms with Crippen molar-refractivity contribution in [1.29, 1.82) is 5.26 Å². The van der Waals surface area contributed by atoms with Gasteiger partial charge in [-0.1, -0.05) is 79.2 Å². The van der Waals surface area contributed by atoms with Crippen molar-refractivity contribution in [3.05, 3.63) is 70.2 Å². The highest BCUT2D eigenvalue weighted by Gasteiger charge is 2.67. The minimum atomic E-state index is -1.58. The first kappa shape index (κ1) is 23.3. The number of carbonyl (C=O) groups excluding carboxylic acids is 2. The van der Waals surface area contributed by atoms with Crippen molar-refractivity contribution in [2.75, 3.05) is 11.5 Å². The Labute approximate surface area is 203 Å². The van der Waals surface area contributed by atoms with Crippen molar-refractivity contribution in [3.8, 4) is 6.07 Å². The van der Waals surface area contributed by atoms with Gasteiger partial charge in [0.2, 0.25) is 0 Å². The lowest BCUT2D eigenvalue weighted by atomic mass is 9.67. The number of halogens is 1. The number of hydrogen-bond acceptors (Lipinski definition) is 5. The Morgan fingerprint density at radius 2 is 1.82 bits per heavy atom. The zero-order valence-electron chi connectivity index (χ0n) is 19.2. The fourth-order valence-corrected chi connectivity index (χ4v) is 5.37. The Morgan fingerprint density at radius 3 is 2.42 bits per heavy atom. The van der Waals surface area contributed by atoms with Crippen molar-refractivity contribution < 1.29 is 14.3 Å². The number of nitriles is 1. The van der Waals surface area contributed by atoms with Crippen LogP contribution in [0.25, 0.3) is 6.08 Å². The van der Waals surface area contributed by atoms with Gasteiger partial charge >= 0.3 is 5.97 Å². The number of fused-ring (bicyclic) bond motifs is 3. The first-order valence-corrected chi connectivity index (χ1v) is 11.9. The Kier molecular flexibility index (Phi) is 5.96. The van der Waals surface area contributed by atoms with Gasteiger partial charge in [-0.15, -0.1) is 0 Å². The van der Waals surface area contributed by atoms with Crippen LogP contribution < -0.4 is 4.90 Å². The number of para-hydroxylation sites is 1. The van der Waals surface area contributed by atoms with E-state index in [0.717, 1.165) is 21.3 Å². The summed E-state index contributed by atoms with van der Waals surface area (Å²) in [5.41, 5.74) is 0.290. The van der Waals surface area contributed by atoms with E-state index in [2.05, 4.69) is 22.0 Å². The summed E-state index contributed by atoms with van der Waals surface area (Å²) >= 11 is 3.47. The lowest BCUT2D eigenvalue weighted by Crippen LogP contribution is -2.48. The molecule has 0 aliphatic carbocycles. The number of nitrogens with zero attached hydrogens (tertiary/aromatic N) is 2. The topological polar surface area (TPSA) is 70.4 Å². The highest BCUT2D eigenvalue weighted by molar-refractivity contribution is 9.10. The smallest absolute Gasteiger partial charge is 0.329 e. The molecule has 1 saturated heterocycles. The molecule has 2 aromatic carbocycles. The molecule has 2 heterocycles. The molecule has 0 saturated carbocycles. The third-order valence-corrected chi connectivity index (χ3v) is 7.11. The standard InChI is InChI=1S/C27H27BrN2O3/c1-5-33-25(32)27(16-29)21-15-12-17-8-6-7-9-20(17)30(21)23(24(31)26(2,3)4)22(27)18-10-13-19(28)14-11-18/h6-15,21-23H,5H2,1-4H3/t21-,22+,23-,27+/m1/s1. The van der Waals surface area contributed by atoms with Crippen LogP contribution in [0.15, 0.2) is 59.1 Å². The monoisotopic (exact) mass is 506 g/mol. The molecule has 4 rings (SSSR count). The van der Waals surface area contributed by atoms with Gasteiger partial charge in [-0.05, 0) is 36.2 Å². The minimum absolute atomic E-state index is 0.0213. The molecular formula is C27H27BrN2O3. The Balaban J connectivity index is 2.05. The average Bonchev–Trinajstić information content (AvgIpc) is 3.10. The van der Waals surface area contributed by atoms with Crippen LogP contribution in [0.5, 0.6) is 0 Å². The molecule has 0 spiro atoms. The predicted molar refractivity (Wildman–Crippen MR) is 132 cm³/mol. The van der Waals surface area contributed by atoms with Crippen LogP contribution in [0, 0.1) is 22.2 Å². The zero-order valence-corrected chi connectivity index (χ0v) is 20.8. The summed E-state index contributed by atoms with van der Waals surface area (Å²) in [6.45, 7) is 7.52. The second-order valence-electron chi connectivity index (χ2n) is 9.56. The summed E-state index contributed by atoms with van der Waals surface area (Å²) in [6.07, 6.45) is 3.81. The number of hydrogen-bond donors (Lipinski definition) is 0. The molecule has 0 unspecified atom stereocenters. The first-order chi connectivity index (χ1) is 15.7. The molecule has 0 amide bonds. The Hall–Kier alpha value is -2.91. The summed E-state index contributed by atoms with van der Waals surface area (Å²) in [5.74, 6) is -1.32. The fourth-order valence-electron chi connectivity index (χ4n) is 5.10. The maximum absolute atomic E-state index is 14.0. The van der Waals surface area contributed by atoms with Gasteiger partial charge < -0.3 is 9.64 Å². The van der Waals surface area contributed by atoms with Gasteiger partial charge in [-0.25, -0.2) is 0 Å². The molecular weight excluding hydrogens is 480 g/mol. The third-order valence-electron chi connectivity index (χ3n) is 6.58. The number of ether oxygens (including phenoxy) is 1. The van der Waals surface area contributed by atoms with Crippen LogP contribution in [-0.2, 0) is 14.3 Å². The second kappa shape index (κ2) is 8.46. The molecule has 1 fully saturated rings. The van der Waals surface area contributed by atoms with E-state index in [4.69, 9.17) is 4.74 Å². The van der Waals surface area contributed by atoms with Gasteiger partial charge in [0.15, 0.2) is 11.2 Å². The summed E-state index contributed by atoms with van der Waals surface area (Å²) in [5, 5.41) is 10.7. The lowest BCUT2D eigenvalue weighted by Gasteiger charge is -2.37. The van der Waals surface area contributed by atoms with Gasteiger partial charge in [0.05, 0.1) is 24.8 Å². The fraction of sp³-hybridized carbons (Fsp3) is 0.370. The van der Waals surface area contributed by atoms with Crippen molar-refractivity contribution in [3.63, 3.8) is 0 Å². The molecule has 0 aromatic heterocycles. The Bertz CT molecular complexity index is 1160. The number of esters is 1. The minimum Gasteiger partial charge on any atom is -0.465 e. The SMILES string of the molecule is CCOC(=O)[C@]1(C#N)[C@@H](c2ccc(Br)cc2)[C@H](C(=O)C(C)(C)C)N2c3ccccc3C=C[C@@H]21. The summed E-state index contributed by atoms with van der Waals surface area (Å²) in [4.78, 5) is 29.6. The van der Waals surface area contributed by atoms with Crippen LogP contribution in [-0.4, -0.2) is 30.4 Å². The van der Waals surface area contributed by atoms with Crippen LogP contribution >= 0.6 is 15.9 Å². The molecule has 2 aliphatic heterocycles. The molecule has 2 aliphatic rings. The van der Waals surface area contributed by atoms with E-state index in [0.29, 0.717) is 0 Å². The van der Waals surface area contributed by atoms with E-state index in [9.17, 15) is 14.9 Å². The predicted octanol–water partition coefficient (Wildman–Crippen LogP) is 5.51. The van der Waals surface area contributed by atoms with Crippen molar-refractivity contribution in [2.24, 2.45) is 10.8 Å². The summed E-state index contributed by atoms with van der Waals surface area (Å²) < 4.78 is 6.38. The molecule has 0 N–H and O–H groups in total. The van der Waals surface area contributed by atoms with Gasteiger partial charge in [0, 0.05) is 21.5 Å². The zero-order chi connectivity index (χ0) is 24.0. The summed E-state index contributed by atoms with van der Waals surface area (Å²) in [6, 6.07) is 16.3. The molecule has 5 nitrogen and oxygen atoms in total. The van der Waals surface area contributed by atoms with E-state index in [-0.39, 0.29) is 12.4 Å². The molecule has 0 radical (unpaired) electrons. The van der Waals surface area contributed by atoms with E-state index in [1.165, 1.54) is 0 Å². The largest absolute Gasteiger partial charge is 0.465 e. The van der Waals surface area contributed by atoms with E-state index in [1.807, 2.05) is 86.4 Å². The number of Topliss-reactive ketones (excluding diaryl/α,β-unsaturated/α-hetero) is 1. The lowest BCUT2D eigenvalue weighted by molar-refractivity contribution is -0.152. The first-order valence-electron chi connectivity index (χ1n) is 11.1. The van der Waals surface area contributed by atoms with Crippen molar-refractivity contribution in [2.45, 2.75) is 45.7 Å². The molecule has 4 atom stereocenters. The van der Waals surface area contributed by atoms with Gasteiger partial charge in [-0.2, -0.15) is 5.26 Å². The van der Waals surface area contributed by atoms with E-state index >= 15 is 0 Å². The van der Waals surface area contributed by atoms with Crippen LogP contribution in [0.2, 0.25) is 0 Å². The number of anilines is 1. The molecule has 0 bridgehead atoms. The van der Waals surface area contributed by atoms with Crippen LogP contribution in [0.3, 0.4) is 0 Å². The maximum Gasteiger partial charge on any atom is 0.329 e. The molecule has 2 aromatic rings. The maximum atomic E-state index is 14.0.